The third kappa shape index (κ3) is 3.08. The summed E-state index contributed by atoms with van der Waals surface area (Å²) in [4.78, 5) is 14.6. The third-order valence-corrected chi connectivity index (χ3v) is 4.70. The molecule has 136 valence electrons. The van der Waals surface area contributed by atoms with Crippen LogP contribution in [0.4, 0.5) is 0 Å². The summed E-state index contributed by atoms with van der Waals surface area (Å²) < 4.78 is 5.37. The van der Waals surface area contributed by atoms with Gasteiger partial charge in [0.25, 0.3) is 5.91 Å². The molecule has 0 saturated carbocycles. The van der Waals surface area contributed by atoms with Crippen molar-refractivity contribution in [1.82, 2.24) is 25.3 Å². The van der Waals surface area contributed by atoms with E-state index in [0.29, 0.717) is 17.1 Å². The van der Waals surface area contributed by atoms with E-state index >= 15 is 0 Å². The van der Waals surface area contributed by atoms with Gasteiger partial charge in [-0.2, -0.15) is 10.2 Å². The summed E-state index contributed by atoms with van der Waals surface area (Å²) in [5.74, 6) is 0.579. The van der Waals surface area contributed by atoms with E-state index in [2.05, 4.69) is 20.4 Å². The van der Waals surface area contributed by atoms with E-state index in [1.807, 2.05) is 45.0 Å². The van der Waals surface area contributed by atoms with Gasteiger partial charge in [-0.15, -0.1) is 0 Å². The highest BCUT2D eigenvalue weighted by atomic mass is 16.5. The number of benzene rings is 1. The molecule has 3 rings (SSSR count). The number of H-pyrrole nitrogens is 2. The number of amides is 1. The second-order valence-corrected chi connectivity index (χ2v) is 6.31. The number of hydrogen-bond acceptors (Lipinski definition) is 4. The average Bonchev–Trinajstić information content (AvgIpc) is 3.27. The average molecular weight is 353 g/mol. The van der Waals surface area contributed by atoms with Gasteiger partial charge < -0.3 is 9.64 Å². The first kappa shape index (κ1) is 17.7. The first-order chi connectivity index (χ1) is 12.4. The molecule has 0 radical (unpaired) electrons. The summed E-state index contributed by atoms with van der Waals surface area (Å²) >= 11 is 0. The summed E-state index contributed by atoms with van der Waals surface area (Å²) in [5, 5.41) is 14.3. The minimum atomic E-state index is -0.133. The van der Waals surface area contributed by atoms with E-state index in [9.17, 15) is 4.79 Å². The van der Waals surface area contributed by atoms with Crippen molar-refractivity contribution >= 4 is 5.91 Å². The zero-order valence-electron chi connectivity index (χ0n) is 15.6. The van der Waals surface area contributed by atoms with E-state index in [4.69, 9.17) is 4.74 Å². The number of ether oxygens (including phenoxy) is 1. The quantitative estimate of drug-likeness (QED) is 0.737. The SMILES string of the molecule is COc1ccccc1-c1cc(C(=O)N(C)C(C)c2c(C)n[nH]c2C)[nH]n1. The fraction of sp³-hybridized carbons (Fsp3) is 0.316. The maximum atomic E-state index is 12.9. The van der Waals surface area contributed by atoms with Crippen molar-refractivity contribution in [3.63, 3.8) is 0 Å². The standard InChI is InChI=1S/C19H23N5O2/c1-11-18(12(2)21-20-11)13(3)24(4)19(25)16-10-15(22-23-16)14-8-6-7-9-17(14)26-5/h6-10,13H,1-5H3,(H,20,21)(H,22,23). The van der Waals surface area contributed by atoms with Crippen LogP contribution in [-0.2, 0) is 0 Å². The number of hydrogen-bond donors (Lipinski definition) is 2. The lowest BCUT2D eigenvalue weighted by molar-refractivity contribution is 0.0736. The number of carbonyl (C=O) groups excluding carboxylic acids is 1. The second-order valence-electron chi connectivity index (χ2n) is 6.31. The Bertz CT molecular complexity index is 908. The maximum absolute atomic E-state index is 12.9. The molecule has 3 aromatic rings. The predicted molar refractivity (Wildman–Crippen MR) is 99.1 cm³/mol. The van der Waals surface area contributed by atoms with Gasteiger partial charge >= 0.3 is 0 Å². The molecule has 2 N–H and O–H groups in total. The molecule has 2 aromatic heterocycles. The zero-order chi connectivity index (χ0) is 18.8. The molecule has 0 aliphatic heterocycles. The Balaban J connectivity index is 1.86. The van der Waals surface area contributed by atoms with E-state index in [1.165, 1.54) is 0 Å². The molecule has 7 heteroatoms. The van der Waals surface area contributed by atoms with Crippen LogP contribution in [-0.4, -0.2) is 45.4 Å². The number of nitrogens with one attached hydrogen (secondary N) is 2. The van der Waals surface area contributed by atoms with Crippen LogP contribution in [0.5, 0.6) is 5.75 Å². The van der Waals surface area contributed by atoms with Crippen molar-refractivity contribution in [2.24, 2.45) is 0 Å². The second kappa shape index (κ2) is 7.03. The first-order valence-corrected chi connectivity index (χ1v) is 8.41. The van der Waals surface area contributed by atoms with Crippen LogP contribution in [0.1, 0.15) is 40.4 Å². The highest BCUT2D eigenvalue weighted by molar-refractivity contribution is 5.93. The lowest BCUT2D eigenvalue weighted by Gasteiger charge is -2.24. The molecule has 0 aliphatic carbocycles. The van der Waals surface area contributed by atoms with Gasteiger partial charge in [0, 0.05) is 23.9 Å². The Morgan fingerprint density at radius 1 is 1.19 bits per heavy atom. The highest BCUT2D eigenvalue weighted by Gasteiger charge is 2.24. The first-order valence-electron chi connectivity index (χ1n) is 8.41. The molecular formula is C19H23N5O2. The number of para-hydroxylation sites is 1. The van der Waals surface area contributed by atoms with Crippen LogP contribution >= 0.6 is 0 Å². The van der Waals surface area contributed by atoms with Crippen molar-refractivity contribution in [3.05, 3.63) is 53.0 Å². The Kier molecular flexibility index (Phi) is 4.79. The lowest BCUT2D eigenvalue weighted by Crippen LogP contribution is -2.30. The molecule has 0 fully saturated rings. The van der Waals surface area contributed by atoms with Crippen LogP contribution in [0.15, 0.2) is 30.3 Å². The lowest BCUT2D eigenvalue weighted by atomic mass is 10.0. The molecule has 0 spiro atoms. The number of aromatic amines is 2. The van der Waals surface area contributed by atoms with Gasteiger partial charge in [0.1, 0.15) is 11.4 Å². The maximum Gasteiger partial charge on any atom is 0.272 e. The van der Waals surface area contributed by atoms with E-state index in [-0.39, 0.29) is 11.9 Å². The summed E-state index contributed by atoms with van der Waals surface area (Å²) in [6, 6.07) is 9.22. The molecule has 26 heavy (non-hydrogen) atoms. The number of aromatic nitrogens is 4. The molecule has 2 heterocycles. The van der Waals surface area contributed by atoms with Gasteiger partial charge in [-0.3, -0.25) is 15.0 Å². The molecule has 1 atom stereocenters. The van der Waals surface area contributed by atoms with Gasteiger partial charge in [-0.05, 0) is 39.0 Å². The van der Waals surface area contributed by atoms with E-state index in [1.54, 1.807) is 25.1 Å². The Morgan fingerprint density at radius 3 is 2.58 bits per heavy atom. The predicted octanol–water partition coefficient (Wildman–Crippen LogP) is 3.26. The molecule has 1 amide bonds. The van der Waals surface area contributed by atoms with E-state index < -0.39 is 0 Å². The monoisotopic (exact) mass is 353 g/mol. The van der Waals surface area contributed by atoms with Crippen LogP contribution < -0.4 is 4.74 Å². The molecule has 0 aliphatic rings. The Morgan fingerprint density at radius 2 is 1.92 bits per heavy atom. The summed E-state index contributed by atoms with van der Waals surface area (Å²) in [5.41, 5.74) is 4.83. The van der Waals surface area contributed by atoms with Crippen LogP contribution in [0.3, 0.4) is 0 Å². The number of nitrogens with zero attached hydrogens (tertiary/aromatic N) is 3. The van der Waals surface area contributed by atoms with Crippen LogP contribution in [0, 0.1) is 13.8 Å². The number of methoxy groups -OCH3 is 1. The number of rotatable bonds is 5. The zero-order valence-corrected chi connectivity index (χ0v) is 15.6. The van der Waals surface area contributed by atoms with Crippen LogP contribution in [0.2, 0.25) is 0 Å². The van der Waals surface area contributed by atoms with Crippen LogP contribution in [0.25, 0.3) is 11.3 Å². The minimum absolute atomic E-state index is 0.112. The topological polar surface area (TPSA) is 86.9 Å². The Hall–Kier alpha value is -3.09. The normalized spacial score (nSPS) is 12.0. The summed E-state index contributed by atoms with van der Waals surface area (Å²) in [6.45, 7) is 5.88. The van der Waals surface area contributed by atoms with Gasteiger partial charge in [0.15, 0.2) is 0 Å². The largest absolute Gasteiger partial charge is 0.496 e. The van der Waals surface area contributed by atoms with Gasteiger partial charge in [-0.1, -0.05) is 12.1 Å². The molecule has 0 bridgehead atoms. The molecule has 0 saturated heterocycles. The molecule has 1 aromatic carbocycles. The highest BCUT2D eigenvalue weighted by Crippen LogP contribution is 2.29. The summed E-state index contributed by atoms with van der Waals surface area (Å²) in [6.07, 6.45) is 0. The number of carbonyl (C=O) groups is 1. The van der Waals surface area contributed by atoms with Crippen molar-refractivity contribution in [2.75, 3.05) is 14.2 Å². The van der Waals surface area contributed by atoms with Gasteiger partial charge in [-0.25, -0.2) is 0 Å². The molecule has 1 unspecified atom stereocenters. The van der Waals surface area contributed by atoms with Crippen molar-refractivity contribution in [3.8, 4) is 17.0 Å². The molecular weight excluding hydrogens is 330 g/mol. The third-order valence-electron chi connectivity index (χ3n) is 4.70. The van der Waals surface area contributed by atoms with Crippen molar-refractivity contribution < 1.29 is 9.53 Å². The van der Waals surface area contributed by atoms with Gasteiger partial charge in [0.2, 0.25) is 0 Å². The fourth-order valence-corrected chi connectivity index (χ4v) is 3.16. The summed E-state index contributed by atoms with van der Waals surface area (Å²) in [7, 11) is 3.39. The van der Waals surface area contributed by atoms with E-state index in [0.717, 1.165) is 22.5 Å². The molecule has 7 nitrogen and oxygen atoms in total. The Labute approximate surface area is 152 Å². The number of aryl methyl sites for hydroxylation is 2. The minimum Gasteiger partial charge on any atom is -0.496 e. The fourth-order valence-electron chi connectivity index (χ4n) is 3.16. The smallest absolute Gasteiger partial charge is 0.272 e. The van der Waals surface area contributed by atoms with Crippen molar-refractivity contribution in [2.45, 2.75) is 26.8 Å². The van der Waals surface area contributed by atoms with Gasteiger partial charge in [0.05, 0.1) is 24.5 Å². The van der Waals surface area contributed by atoms with Crippen molar-refractivity contribution in [1.29, 1.82) is 0 Å².